The van der Waals surface area contributed by atoms with E-state index in [0.717, 1.165) is 70.6 Å². The number of rotatable bonds is 36. The Kier molecular flexibility index (Phi) is 36.0. The first-order valence-electron chi connectivity index (χ1n) is 20.3. The van der Waals surface area contributed by atoms with Gasteiger partial charge >= 0.3 is 17.9 Å². The van der Waals surface area contributed by atoms with Gasteiger partial charge in [-0.1, -0.05) is 161 Å². The molecule has 0 aliphatic rings. The smallest absolute Gasteiger partial charge is 0.306 e. The van der Waals surface area contributed by atoms with Gasteiger partial charge in [-0.15, -0.1) is 0 Å². The Balaban J connectivity index is 4.14. The van der Waals surface area contributed by atoms with Crippen molar-refractivity contribution in [1.29, 1.82) is 0 Å². The lowest BCUT2D eigenvalue weighted by molar-refractivity contribution is -0.167. The zero-order valence-electron chi connectivity index (χ0n) is 31.8. The summed E-state index contributed by atoms with van der Waals surface area (Å²) < 4.78 is 16.5. The second-order valence-electron chi connectivity index (χ2n) is 13.6. The van der Waals surface area contributed by atoms with Crippen LogP contribution >= 0.6 is 0 Å². The van der Waals surface area contributed by atoms with Gasteiger partial charge in [-0.3, -0.25) is 14.4 Å². The van der Waals surface area contributed by atoms with Crippen molar-refractivity contribution in [3.63, 3.8) is 0 Å². The summed E-state index contributed by atoms with van der Waals surface area (Å²) in [5, 5.41) is 0. The van der Waals surface area contributed by atoms with E-state index in [-0.39, 0.29) is 31.1 Å². The van der Waals surface area contributed by atoms with E-state index in [4.69, 9.17) is 14.2 Å². The van der Waals surface area contributed by atoms with E-state index in [0.29, 0.717) is 19.3 Å². The van der Waals surface area contributed by atoms with Gasteiger partial charge in [0.1, 0.15) is 13.2 Å². The Morgan fingerprint density at radius 1 is 0.417 bits per heavy atom. The van der Waals surface area contributed by atoms with Crippen molar-refractivity contribution in [2.45, 2.75) is 213 Å². The number of carbonyl (C=O) groups excluding carboxylic acids is 3. The van der Waals surface area contributed by atoms with Gasteiger partial charge in [0, 0.05) is 19.3 Å². The molecule has 48 heavy (non-hydrogen) atoms. The van der Waals surface area contributed by atoms with Gasteiger partial charge in [0.05, 0.1) is 0 Å². The first-order valence-corrected chi connectivity index (χ1v) is 20.3. The Morgan fingerprint density at radius 3 is 1.17 bits per heavy atom. The number of esters is 3. The molecule has 0 aliphatic carbocycles. The van der Waals surface area contributed by atoms with Crippen LogP contribution in [0.4, 0.5) is 0 Å². The number of hydrogen-bond donors (Lipinski definition) is 0. The van der Waals surface area contributed by atoms with Crippen molar-refractivity contribution in [3.05, 3.63) is 24.3 Å². The van der Waals surface area contributed by atoms with Crippen LogP contribution in [0, 0.1) is 0 Å². The van der Waals surface area contributed by atoms with Gasteiger partial charge < -0.3 is 14.2 Å². The Hall–Kier alpha value is -2.11. The molecule has 0 rings (SSSR count). The highest BCUT2D eigenvalue weighted by Crippen LogP contribution is 2.13. The summed E-state index contributed by atoms with van der Waals surface area (Å²) in [6.45, 7) is 6.47. The zero-order valence-corrected chi connectivity index (χ0v) is 31.8. The van der Waals surface area contributed by atoms with Crippen molar-refractivity contribution < 1.29 is 28.6 Å². The van der Waals surface area contributed by atoms with Crippen LogP contribution in [-0.4, -0.2) is 37.2 Å². The van der Waals surface area contributed by atoms with Crippen LogP contribution < -0.4 is 0 Å². The fourth-order valence-corrected chi connectivity index (χ4v) is 5.59. The quantitative estimate of drug-likeness (QED) is 0.0284. The molecule has 0 N–H and O–H groups in total. The average Bonchev–Trinajstić information content (AvgIpc) is 3.08. The third-order valence-electron chi connectivity index (χ3n) is 8.71. The average molecular weight is 677 g/mol. The molecular weight excluding hydrogens is 600 g/mol. The van der Waals surface area contributed by atoms with Crippen LogP contribution in [0.15, 0.2) is 24.3 Å². The molecule has 1 atom stereocenters. The summed E-state index contributed by atoms with van der Waals surface area (Å²) in [6.07, 6.45) is 39.1. The summed E-state index contributed by atoms with van der Waals surface area (Å²) in [7, 11) is 0. The predicted molar refractivity (Wildman–Crippen MR) is 201 cm³/mol. The molecule has 0 aromatic heterocycles. The largest absolute Gasteiger partial charge is 0.462 e. The lowest BCUT2D eigenvalue weighted by Crippen LogP contribution is -2.30. The maximum Gasteiger partial charge on any atom is 0.306 e. The minimum atomic E-state index is -0.762. The number of allylic oxidation sites excluding steroid dienone is 4. The number of unbranched alkanes of at least 4 members (excludes halogenated alkanes) is 21. The monoisotopic (exact) mass is 677 g/mol. The van der Waals surface area contributed by atoms with Crippen LogP contribution in [0.5, 0.6) is 0 Å². The van der Waals surface area contributed by atoms with Crippen LogP contribution in [0.25, 0.3) is 0 Å². The SMILES string of the molecule is CCCCCC/C=C\C/C=C\CCCCCCCCCC(=O)OCC(COC(=O)CCCCCCCC)OC(=O)CCCCCCCC. The summed E-state index contributed by atoms with van der Waals surface area (Å²) in [6, 6.07) is 0. The molecule has 0 fully saturated rings. The lowest BCUT2D eigenvalue weighted by atomic mass is 10.1. The molecule has 1 unspecified atom stereocenters. The summed E-state index contributed by atoms with van der Waals surface area (Å²) >= 11 is 0. The normalized spacial score (nSPS) is 12.1. The van der Waals surface area contributed by atoms with Crippen molar-refractivity contribution in [2.75, 3.05) is 13.2 Å². The van der Waals surface area contributed by atoms with Crippen molar-refractivity contribution in [2.24, 2.45) is 0 Å². The van der Waals surface area contributed by atoms with E-state index in [1.54, 1.807) is 0 Å². The van der Waals surface area contributed by atoms with E-state index in [2.05, 4.69) is 45.1 Å². The topological polar surface area (TPSA) is 78.9 Å². The fourth-order valence-electron chi connectivity index (χ4n) is 5.59. The van der Waals surface area contributed by atoms with Gasteiger partial charge in [0.15, 0.2) is 6.10 Å². The van der Waals surface area contributed by atoms with E-state index < -0.39 is 6.10 Å². The Bertz CT molecular complexity index is 789. The molecule has 0 amide bonds. The van der Waals surface area contributed by atoms with Crippen LogP contribution in [0.1, 0.15) is 207 Å². The van der Waals surface area contributed by atoms with Gasteiger partial charge in [-0.2, -0.15) is 0 Å². The molecule has 0 aliphatic heterocycles. The van der Waals surface area contributed by atoms with Gasteiger partial charge in [-0.05, 0) is 51.4 Å². The molecule has 0 saturated carbocycles. The van der Waals surface area contributed by atoms with Crippen LogP contribution in [0.2, 0.25) is 0 Å². The number of ether oxygens (including phenoxy) is 3. The second-order valence-corrected chi connectivity index (χ2v) is 13.6. The maximum absolute atomic E-state index is 12.5. The molecule has 0 bridgehead atoms. The minimum Gasteiger partial charge on any atom is -0.462 e. The molecule has 6 nitrogen and oxygen atoms in total. The zero-order chi connectivity index (χ0) is 35.2. The standard InChI is InChI=1S/C42H76O6/c1-4-7-10-13-16-17-18-19-20-21-22-23-24-25-26-27-30-32-35-41(44)47-38-39(48-42(45)36-33-29-15-12-9-6-3)37-46-40(43)34-31-28-14-11-8-5-2/h17-18,20-21,39H,4-16,19,22-38H2,1-3H3/b18-17-,21-20-. The molecule has 0 aromatic carbocycles. The summed E-state index contributed by atoms with van der Waals surface area (Å²) in [5.74, 6) is -0.903. The summed E-state index contributed by atoms with van der Waals surface area (Å²) in [5.41, 5.74) is 0. The van der Waals surface area contributed by atoms with Crippen LogP contribution in [-0.2, 0) is 28.6 Å². The molecule has 0 aromatic rings. The van der Waals surface area contributed by atoms with E-state index >= 15 is 0 Å². The summed E-state index contributed by atoms with van der Waals surface area (Å²) in [4.78, 5) is 37.2. The number of carbonyl (C=O) groups is 3. The van der Waals surface area contributed by atoms with Gasteiger partial charge in [0.2, 0.25) is 0 Å². The molecule has 280 valence electrons. The van der Waals surface area contributed by atoms with Crippen molar-refractivity contribution >= 4 is 17.9 Å². The van der Waals surface area contributed by atoms with Crippen LogP contribution in [0.3, 0.4) is 0 Å². The molecule has 0 saturated heterocycles. The molecule has 0 radical (unpaired) electrons. The second kappa shape index (κ2) is 37.7. The van der Waals surface area contributed by atoms with Crippen molar-refractivity contribution in [3.8, 4) is 0 Å². The third kappa shape index (κ3) is 35.2. The van der Waals surface area contributed by atoms with Gasteiger partial charge in [-0.25, -0.2) is 0 Å². The molecule has 6 heteroatoms. The first-order chi connectivity index (χ1) is 23.5. The maximum atomic E-state index is 12.5. The number of hydrogen-bond acceptors (Lipinski definition) is 6. The Labute approximate surface area is 296 Å². The fraction of sp³-hybridized carbons (Fsp3) is 0.833. The highest BCUT2D eigenvalue weighted by Gasteiger charge is 2.19. The Morgan fingerprint density at radius 2 is 0.750 bits per heavy atom. The van der Waals surface area contributed by atoms with Gasteiger partial charge in [0.25, 0.3) is 0 Å². The highest BCUT2D eigenvalue weighted by atomic mass is 16.6. The van der Waals surface area contributed by atoms with E-state index in [1.807, 2.05) is 0 Å². The molecule has 0 spiro atoms. The van der Waals surface area contributed by atoms with Crippen molar-refractivity contribution in [1.82, 2.24) is 0 Å². The highest BCUT2D eigenvalue weighted by molar-refractivity contribution is 5.71. The first kappa shape index (κ1) is 45.9. The lowest BCUT2D eigenvalue weighted by Gasteiger charge is -2.18. The third-order valence-corrected chi connectivity index (χ3v) is 8.71. The van der Waals surface area contributed by atoms with E-state index in [1.165, 1.54) is 96.3 Å². The minimum absolute atomic E-state index is 0.0732. The predicted octanol–water partition coefficient (Wildman–Crippen LogP) is 12.5. The van der Waals surface area contributed by atoms with E-state index in [9.17, 15) is 14.4 Å². The molecular formula is C42H76O6. The molecule has 0 heterocycles.